The highest BCUT2D eigenvalue weighted by Gasteiger charge is 2.05. The first kappa shape index (κ1) is 12.3. The number of phenolic OH excluding ortho intramolecular Hbond substituents is 1. The molecule has 0 saturated carbocycles. The average molecular weight is 260 g/mol. The third kappa shape index (κ3) is 2.73. The Hall–Kier alpha value is -2.18. The van der Waals surface area contributed by atoms with E-state index in [9.17, 15) is 5.11 Å². The van der Waals surface area contributed by atoms with Gasteiger partial charge in [-0.05, 0) is 24.3 Å². The number of aromatic hydroxyl groups is 1. The Balaban J connectivity index is 2.12. The highest BCUT2D eigenvalue weighted by molar-refractivity contribution is 6.31. The summed E-state index contributed by atoms with van der Waals surface area (Å²) >= 11 is 6.02. The Kier molecular flexibility index (Phi) is 3.71. The van der Waals surface area contributed by atoms with Crippen LogP contribution in [0, 0.1) is 11.3 Å². The first-order valence-electron chi connectivity index (χ1n) is 5.30. The summed E-state index contributed by atoms with van der Waals surface area (Å²) in [6.45, 7) is 0.238. The van der Waals surface area contributed by atoms with Crippen LogP contribution >= 0.6 is 11.6 Å². The van der Waals surface area contributed by atoms with E-state index in [0.717, 1.165) is 5.56 Å². The Morgan fingerprint density at radius 1 is 1.22 bits per heavy atom. The number of nitrogens with zero attached hydrogens (tertiary/aromatic N) is 1. The summed E-state index contributed by atoms with van der Waals surface area (Å²) in [5.41, 5.74) is 1.27. The van der Waals surface area contributed by atoms with Crippen LogP contribution in [0.5, 0.6) is 11.5 Å². The number of ether oxygens (including phenoxy) is 1. The maximum absolute atomic E-state index is 9.54. The molecule has 0 atom stereocenters. The lowest BCUT2D eigenvalue weighted by molar-refractivity contribution is 0.289. The number of hydrogen-bond acceptors (Lipinski definition) is 3. The van der Waals surface area contributed by atoms with Crippen LogP contribution in [-0.4, -0.2) is 5.11 Å². The first-order chi connectivity index (χ1) is 8.70. The topological polar surface area (TPSA) is 53.2 Å². The summed E-state index contributed by atoms with van der Waals surface area (Å²) in [6, 6.07) is 13.7. The molecule has 2 aromatic carbocycles. The normalized spacial score (nSPS) is 9.78. The Labute approximate surface area is 110 Å². The van der Waals surface area contributed by atoms with E-state index in [1.165, 1.54) is 0 Å². The van der Waals surface area contributed by atoms with E-state index in [0.29, 0.717) is 16.3 Å². The zero-order valence-corrected chi connectivity index (χ0v) is 10.2. The minimum absolute atomic E-state index is 0.0854. The second kappa shape index (κ2) is 5.44. The van der Waals surface area contributed by atoms with Crippen LogP contribution in [0.3, 0.4) is 0 Å². The van der Waals surface area contributed by atoms with Crippen LogP contribution in [0.25, 0.3) is 0 Å². The SMILES string of the molecule is N#Cc1ccc(COc2ccccc2O)c(Cl)c1. The lowest BCUT2D eigenvalue weighted by Gasteiger charge is -2.09. The van der Waals surface area contributed by atoms with Gasteiger partial charge in [-0.3, -0.25) is 0 Å². The van der Waals surface area contributed by atoms with Gasteiger partial charge in [0.25, 0.3) is 0 Å². The van der Waals surface area contributed by atoms with E-state index < -0.39 is 0 Å². The fourth-order valence-corrected chi connectivity index (χ4v) is 1.70. The molecule has 0 amide bonds. The van der Waals surface area contributed by atoms with Gasteiger partial charge in [0.15, 0.2) is 11.5 Å². The molecular weight excluding hydrogens is 250 g/mol. The van der Waals surface area contributed by atoms with Crippen molar-refractivity contribution in [3.63, 3.8) is 0 Å². The van der Waals surface area contributed by atoms with Crippen molar-refractivity contribution < 1.29 is 9.84 Å². The van der Waals surface area contributed by atoms with Gasteiger partial charge in [0.2, 0.25) is 0 Å². The van der Waals surface area contributed by atoms with Gasteiger partial charge >= 0.3 is 0 Å². The molecule has 0 aromatic heterocycles. The van der Waals surface area contributed by atoms with Gasteiger partial charge in [-0.1, -0.05) is 29.8 Å². The Morgan fingerprint density at radius 3 is 2.67 bits per heavy atom. The van der Waals surface area contributed by atoms with Crippen LogP contribution in [0.4, 0.5) is 0 Å². The Bertz CT molecular complexity index is 605. The maximum atomic E-state index is 9.54. The molecule has 0 aliphatic heterocycles. The molecule has 2 aromatic rings. The fourth-order valence-electron chi connectivity index (χ4n) is 1.47. The predicted molar refractivity (Wildman–Crippen MR) is 68.6 cm³/mol. The maximum Gasteiger partial charge on any atom is 0.161 e. The van der Waals surface area contributed by atoms with Crippen LogP contribution in [0.15, 0.2) is 42.5 Å². The molecule has 0 aliphatic carbocycles. The molecule has 0 aliphatic rings. The van der Waals surface area contributed by atoms with Gasteiger partial charge in [-0.2, -0.15) is 5.26 Å². The second-order valence-corrected chi connectivity index (χ2v) is 4.08. The summed E-state index contributed by atoms with van der Waals surface area (Å²) in [5, 5.41) is 18.7. The van der Waals surface area contributed by atoms with Crippen molar-refractivity contribution in [2.45, 2.75) is 6.61 Å². The number of para-hydroxylation sites is 2. The second-order valence-electron chi connectivity index (χ2n) is 3.67. The molecule has 4 heteroatoms. The molecule has 18 heavy (non-hydrogen) atoms. The number of nitriles is 1. The third-order valence-corrected chi connectivity index (χ3v) is 2.78. The van der Waals surface area contributed by atoms with E-state index in [1.807, 2.05) is 6.07 Å². The summed E-state index contributed by atoms with van der Waals surface area (Å²) < 4.78 is 5.46. The van der Waals surface area contributed by atoms with Crippen molar-refractivity contribution in [1.29, 1.82) is 5.26 Å². The standard InChI is InChI=1S/C14H10ClNO2/c15-12-7-10(8-16)5-6-11(12)9-18-14-4-2-1-3-13(14)17/h1-7,17H,9H2. The van der Waals surface area contributed by atoms with E-state index in [1.54, 1.807) is 42.5 Å². The number of rotatable bonds is 3. The van der Waals surface area contributed by atoms with Crippen LogP contribution in [0.2, 0.25) is 5.02 Å². The van der Waals surface area contributed by atoms with Crippen molar-refractivity contribution >= 4 is 11.6 Å². The van der Waals surface area contributed by atoms with Gasteiger partial charge < -0.3 is 9.84 Å². The van der Waals surface area contributed by atoms with Crippen LogP contribution in [0.1, 0.15) is 11.1 Å². The minimum Gasteiger partial charge on any atom is -0.504 e. The van der Waals surface area contributed by atoms with E-state index >= 15 is 0 Å². The summed E-state index contributed by atoms with van der Waals surface area (Å²) in [7, 11) is 0. The quantitative estimate of drug-likeness (QED) is 0.918. The Morgan fingerprint density at radius 2 is 2.00 bits per heavy atom. The molecule has 0 spiro atoms. The largest absolute Gasteiger partial charge is 0.504 e. The zero-order chi connectivity index (χ0) is 13.0. The highest BCUT2D eigenvalue weighted by atomic mass is 35.5. The minimum atomic E-state index is 0.0854. The lowest BCUT2D eigenvalue weighted by atomic mass is 10.1. The van der Waals surface area contributed by atoms with Gasteiger partial charge in [-0.15, -0.1) is 0 Å². The molecule has 0 unspecified atom stereocenters. The molecule has 90 valence electrons. The zero-order valence-electron chi connectivity index (χ0n) is 9.43. The molecular formula is C14H10ClNO2. The fraction of sp³-hybridized carbons (Fsp3) is 0.0714. The predicted octanol–water partition coefficient (Wildman–Crippen LogP) is 3.50. The third-order valence-electron chi connectivity index (χ3n) is 2.43. The van der Waals surface area contributed by atoms with Crippen molar-refractivity contribution in [3.05, 3.63) is 58.6 Å². The van der Waals surface area contributed by atoms with Crippen molar-refractivity contribution in [2.75, 3.05) is 0 Å². The first-order valence-corrected chi connectivity index (χ1v) is 5.68. The molecule has 0 bridgehead atoms. The van der Waals surface area contributed by atoms with Crippen LogP contribution < -0.4 is 4.74 Å². The summed E-state index contributed by atoms with van der Waals surface area (Å²) in [6.07, 6.45) is 0. The van der Waals surface area contributed by atoms with Gasteiger partial charge in [0.05, 0.1) is 11.6 Å². The molecule has 1 N–H and O–H groups in total. The average Bonchev–Trinajstić information content (AvgIpc) is 2.39. The number of hydrogen-bond donors (Lipinski definition) is 1. The number of halogens is 1. The van der Waals surface area contributed by atoms with E-state index in [-0.39, 0.29) is 12.4 Å². The van der Waals surface area contributed by atoms with Crippen LogP contribution in [-0.2, 0) is 6.61 Å². The van der Waals surface area contributed by atoms with Crippen molar-refractivity contribution in [3.8, 4) is 17.6 Å². The monoisotopic (exact) mass is 259 g/mol. The molecule has 0 saturated heterocycles. The van der Waals surface area contributed by atoms with Gasteiger partial charge in [0.1, 0.15) is 6.61 Å². The molecule has 3 nitrogen and oxygen atoms in total. The molecule has 2 rings (SSSR count). The highest BCUT2D eigenvalue weighted by Crippen LogP contribution is 2.26. The molecule has 0 radical (unpaired) electrons. The van der Waals surface area contributed by atoms with Crippen molar-refractivity contribution in [1.82, 2.24) is 0 Å². The smallest absolute Gasteiger partial charge is 0.161 e. The van der Waals surface area contributed by atoms with E-state index in [2.05, 4.69) is 0 Å². The molecule has 0 fully saturated rings. The lowest BCUT2D eigenvalue weighted by Crippen LogP contribution is -1.96. The number of phenols is 1. The number of benzene rings is 2. The summed E-state index contributed by atoms with van der Waals surface area (Å²) in [4.78, 5) is 0. The van der Waals surface area contributed by atoms with E-state index in [4.69, 9.17) is 21.6 Å². The van der Waals surface area contributed by atoms with Gasteiger partial charge in [-0.25, -0.2) is 0 Å². The van der Waals surface area contributed by atoms with Crippen molar-refractivity contribution in [2.24, 2.45) is 0 Å². The van der Waals surface area contributed by atoms with Gasteiger partial charge in [0, 0.05) is 10.6 Å². The molecule has 0 heterocycles. The summed E-state index contributed by atoms with van der Waals surface area (Å²) in [5.74, 6) is 0.486.